The number of phenols is 2. The molecule has 0 aliphatic carbocycles. The molecule has 0 fully saturated rings. The van der Waals surface area contributed by atoms with Crippen LogP contribution in [0.3, 0.4) is 0 Å². The Hall–Kier alpha value is -1.91. The molecule has 2 aromatic carbocycles. The summed E-state index contributed by atoms with van der Waals surface area (Å²) >= 11 is 12.0. The van der Waals surface area contributed by atoms with Crippen LogP contribution in [0.15, 0.2) is 30.3 Å². The molecule has 24 heavy (non-hydrogen) atoms. The van der Waals surface area contributed by atoms with E-state index in [0.29, 0.717) is 21.2 Å². The highest BCUT2D eigenvalue weighted by Crippen LogP contribution is 2.42. The van der Waals surface area contributed by atoms with Crippen molar-refractivity contribution in [2.24, 2.45) is 0 Å². The highest BCUT2D eigenvalue weighted by Gasteiger charge is 2.33. The molecule has 2 N–H and O–H groups in total. The van der Waals surface area contributed by atoms with Crippen LogP contribution in [0.1, 0.15) is 26.3 Å². The van der Waals surface area contributed by atoms with E-state index in [9.17, 15) is 15.0 Å². The van der Waals surface area contributed by atoms with Gasteiger partial charge in [0, 0.05) is 10.0 Å². The third-order valence-corrected chi connectivity index (χ3v) is 4.19. The van der Waals surface area contributed by atoms with Crippen molar-refractivity contribution in [1.29, 1.82) is 0 Å². The Balaban J connectivity index is 2.55. The van der Waals surface area contributed by atoms with Crippen molar-refractivity contribution in [2.45, 2.75) is 26.2 Å². The number of rotatable bonds is 4. The number of halogens is 2. The van der Waals surface area contributed by atoms with E-state index in [1.165, 1.54) is 12.1 Å². The van der Waals surface area contributed by atoms with Gasteiger partial charge in [-0.1, -0.05) is 23.2 Å². The van der Waals surface area contributed by atoms with Crippen LogP contribution in [-0.2, 0) is 14.9 Å². The van der Waals surface area contributed by atoms with E-state index in [2.05, 4.69) is 0 Å². The maximum Gasteiger partial charge on any atom is 0.315 e. The monoisotopic (exact) mass is 368 g/mol. The average Bonchev–Trinajstić information content (AvgIpc) is 2.45. The molecule has 0 amide bonds. The Morgan fingerprint density at radius 3 is 2.00 bits per heavy atom. The Morgan fingerprint density at radius 2 is 1.54 bits per heavy atom. The molecule has 0 radical (unpaired) electrons. The first kappa shape index (κ1) is 18.4. The molecule has 0 saturated carbocycles. The number of carbonyl (C=O) groups excluding carboxylic acids is 1. The molecule has 0 atom stereocenters. The maximum atomic E-state index is 12.1. The molecule has 0 saturated heterocycles. The number of hydrogen-bond donors (Lipinski definition) is 2. The summed E-state index contributed by atoms with van der Waals surface area (Å²) in [6.45, 7) is 5.29. The van der Waals surface area contributed by atoms with Crippen LogP contribution in [0.5, 0.6) is 11.5 Å². The number of esters is 1. The fourth-order valence-electron chi connectivity index (χ4n) is 2.40. The Labute approximate surface area is 150 Å². The van der Waals surface area contributed by atoms with Gasteiger partial charge in [0.15, 0.2) is 0 Å². The summed E-state index contributed by atoms with van der Waals surface area (Å²) in [4.78, 5) is 12.1. The minimum atomic E-state index is -1.02. The standard InChI is InChI=1S/C18H18Cl2O4/c1-4-24-17(23)18(2,3)11-7-14(21)16(15(22)8-11)10-5-12(19)9-13(20)6-10/h5-9,21-22H,4H2,1-3H3. The van der Waals surface area contributed by atoms with Gasteiger partial charge >= 0.3 is 5.97 Å². The van der Waals surface area contributed by atoms with Gasteiger partial charge in [0.25, 0.3) is 0 Å². The van der Waals surface area contributed by atoms with E-state index in [-0.39, 0.29) is 23.7 Å². The van der Waals surface area contributed by atoms with Gasteiger partial charge in [0.05, 0.1) is 17.6 Å². The average molecular weight is 369 g/mol. The van der Waals surface area contributed by atoms with Gasteiger partial charge in [-0.2, -0.15) is 0 Å². The summed E-state index contributed by atoms with van der Waals surface area (Å²) in [6, 6.07) is 7.58. The zero-order valence-electron chi connectivity index (χ0n) is 13.6. The number of aromatic hydroxyl groups is 2. The van der Waals surface area contributed by atoms with Crippen molar-refractivity contribution in [3.8, 4) is 22.6 Å². The fraction of sp³-hybridized carbons (Fsp3) is 0.278. The molecule has 4 nitrogen and oxygen atoms in total. The van der Waals surface area contributed by atoms with Gasteiger partial charge in [0.2, 0.25) is 0 Å². The summed E-state index contributed by atoms with van der Waals surface area (Å²) < 4.78 is 5.05. The molecule has 0 aliphatic rings. The van der Waals surface area contributed by atoms with Crippen LogP contribution in [0.2, 0.25) is 10.0 Å². The summed E-state index contributed by atoms with van der Waals surface area (Å²) in [5.41, 5.74) is 0.0915. The first-order valence-corrected chi connectivity index (χ1v) is 8.12. The smallest absolute Gasteiger partial charge is 0.315 e. The molecule has 0 aliphatic heterocycles. The van der Waals surface area contributed by atoms with E-state index in [1.54, 1.807) is 39.0 Å². The number of hydrogen-bond acceptors (Lipinski definition) is 4. The molecule has 0 spiro atoms. The first-order chi connectivity index (χ1) is 11.2. The van der Waals surface area contributed by atoms with Crippen molar-refractivity contribution in [1.82, 2.24) is 0 Å². The van der Waals surface area contributed by atoms with E-state index in [0.717, 1.165) is 0 Å². The number of benzene rings is 2. The lowest BCUT2D eigenvalue weighted by Crippen LogP contribution is -2.31. The second-order valence-electron chi connectivity index (χ2n) is 5.89. The SMILES string of the molecule is CCOC(=O)C(C)(C)c1cc(O)c(-c2cc(Cl)cc(Cl)c2)c(O)c1. The van der Waals surface area contributed by atoms with Crippen molar-refractivity contribution in [3.05, 3.63) is 45.9 Å². The van der Waals surface area contributed by atoms with E-state index in [1.807, 2.05) is 0 Å². The lowest BCUT2D eigenvalue weighted by Gasteiger charge is -2.24. The molecule has 0 aromatic heterocycles. The van der Waals surface area contributed by atoms with Crippen LogP contribution >= 0.6 is 23.2 Å². The van der Waals surface area contributed by atoms with Crippen LogP contribution in [-0.4, -0.2) is 22.8 Å². The van der Waals surface area contributed by atoms with Crippen LogP contribution in [0.25, 0.3) is 11.1 Å². The van der Waals surface area contributed by atoms with Crippen molar-refractivity contribution < 1.29 is 19.7 Å². The summed E-state index contributed by atoms with van der Waals surface area (Å²) in [5, 5.41) is 21.5. The Kier molecular flexibility index (Phi) is 5.31. The molecule has 6 heteroatoms. The zero-order chi connectivity index (χ0) is 18.1. The fourth-order valence-corrected chi connectivity index (χ4v) is 2.92. The van der Waals surface area contributed by atoms with Crippen LogP contribution < -0.4 is 0 Å². The third-order valence-electron chi connectivity index (χ3n) is 3.76. The minimum Gasteiger partial charge on any atom is -0.507 e. The van der Waals surface area contributed by atoms with E-state index >= 15 is 0 Å². The highest BCUT2D eigenvalue weighted by molar-refractivity contribution is 6.35. The lowest BCUT2D eigenvalue weighted by molar-refractivity contribution is -0.148. The Bertz CT molecular complexity index is 741. The second kappa shape index (κ2) is 6.91. The molecular weight excluding hydrogens is 351 g/mol. The van der Waals surface area contributed by atoms with Crippen molar-refractivity contribution in [2.75, 3.05) is 6.61 Å². The number of ether oxygens (including phenoxy) is 1. The Morgan fingerprint density at radius 1 is 1.04 bits per heavy atom. The van der Waals surface area contributed by atoms with E-state index in [4.69, 9.17) is 27.9 Å². The molecule has 0 heterocycles. The zero-order valence-corrected chi connectivity index (χ0v) is 15.1. The van der Waals surface area contributed by atoms with Gasteiger partial charge in [-0.15, -0.1) is 0 Å². The highest BCUT2D eigenvalue weighted by atomic mass is 35.5. The summed E-state index contributed by atoms with van der Waals surface area (Å²) in [7, 11) is 0. The first-order valence-electron chi connectivity index (χ1n) is 7.37. The normalized spacial score (nSPS) is 11.4. The van der Waals surface area contributed by atoms with Crippen molar-refractivity contribution >= 4 is 29.2 Å². The molecule has 0 bridgehead atoms. The van der Waals surface area contributed by atoms with Gasteiger partial charge in [-0.25, -0.2) is 0 Å². The third kappa shape index (κ3) is 3.60. The van der Waals surface area contributed by atoms with Crippen molar-refractivity contribution in [3.63, 3.8) is 0 Å². The quantitative estimate of drug-likeness (QED) is 0.752. The topological polar surface area (TPSA) is 66.8 Å². The second-order valence-corrected chi connectivity index (χ2v) is 6.77. The molecule has 128 valence electrons. The summed E-state index contributed by atoms with van der Waals surface area (Å²) in [6.07, 6.45) is 0. The predicted octanol–water partition coefficient (Wildman–Crippen LogP) is 4.91. The number of carbonyl (C=O) groups is 1. The lowest BCUT2D eigenvalue weighted by atomic mass is 9.83. The predicted molar refractivity (Wildman–Crippen MR) is 94.9 cm³/mol. The van der Waals surface area contributed by atoms with Gasteiger partial charge in [-0.05, 0) is 62.2 Å². The molecule has 2 rings (SSSR count). The van der Waals surface area contributed by atoms with Crippen LogP contribution in [0.4, 0.5) is 0 Å². The van der Waals surface area contributed by atoms with E-state index < -0.39 is 11.4 Å². The minimum absolute atomic E-state index is 0.180. The van der Waals surface area contributed by atoms with Gasteiger partial charge in [-0.3, -0.25) is 4.79 Å². The molecular formula is C18H18Cl2O4. The maximum absolute atomic E-state index is 12.1. The van der Waals surface area contributed by atoms with Gasteiger partial charge < -0.3 is 14.9 Å². The largest absolute Gasteiger partial charge is 0.507 e. The molecule has 2 aromatic rings. The van der Waals surface area contributed by atoms with Gasteiger partial charge in [0.1, 0.15) is 11.5 Å². The number of phenolic OH excluding ortho intramolecular Hbond substituents is 2. The summed E-state index contributed by atoms with van der Waals surface area (Å²) in [5.74, 6) is -0.802. The molecule has 0 unspecified atom stereocenters. The van der Waals surface area contributed by atoms with Crippen LogP contribution in [0, 0.1) is 0 Å².